The molecule has 4 aliphatic rings. The molecule has 0 aromatic heterocycles. The molecule has 0 saturated heterocycles. The van der Waals surface area contributed by atoms with Gasteiger partial charge in [0.15, 0.2) is 23.0 Å². The fourth-order valence-electron chi connectivity index (χ4n) is 11.1. The van der Waals surface area contributed by atoms with Crippen molar-refractivity contribution in [2.24, 2.45) is 0 Å². The van der Waals surface area contributed by atoms with E-state index in [9.17, 15) is 0 Å². The lowest BCUT2D eigenvalue weighted by molar-refractivity contribution is 0.361. The van der Waals surface area contributed by atoms with Crippen molar-refractivity contribution < 1.29 is 9.47 Å². The van der Waals surface area contributed by atoms with Crippen molar-refractivity contribution in [1.29, 1.82) is 0 Å². The van der Waals surface area contributed by atoms with Gasteiger partial charge >= 0.3 is 0 Å². The van der Waals surface area contributed by atoms with E-state index in [1.54, 1.807) is 0 Å². The number of hydrogen-bond donors (Lipinski definition) is 0. The monoisotopic (exact) mass is 781 g/mol. The van der Waals surface area contributed by atoms with Gasteiger partial charge in [0, 0.05) is 22.4 Å². The molecule has 288 valence electrons. The highest BCUT2D eigenvalue weighted by Crippen LogP contribution is 2.67. The van der Waals surface area contributed by atoms with Crippen LogP contribution in [0.1, 0.15) is 47.2 Å². The van der Waals surface area contributed by atoms with Crippen LogP contribution in [0.25, 0.3) is 44.5 Å². The molecule has 0 bridgehead atoms. The molecule has 0 radical (unpaired) electrons. The van der Waals surface area contributed by atoms with E-state index in [0.717, 1.165) is 28.4 Å². The van der Waals surface area contributed by atoms with Gasteiger partial charge in [-0.2, -0.15) is 0 Å². The first-order chi connectivity index (χ1) is 30.0. The summed E-state index contributed by atoms with van der Waals surface area (Å²) >= 11 is 0. The van der Waals surface area contributed by atoms with Crippen LogP contribution in [0.4, 0.5) is 17.1 Å². The van der Waals surface area contributed by atoms with Crippen molar-refractivity contribution in [2.75, 3.05) is 4.90 Å². The number of ether oxygens (including phenoxy) is 2. The summed E-state index contributed by atoms with van der Waals surface area (Å²) in [6.07, 6.45) is 0. The van der Waals surface area contributed by atoms with Crippen LogP contribution in [0, 0.1) is 0 Å². The van der Waals surface area contributed by atoms with Gasteiger partial charge in [0.25, 0.3) is 0 Å². The Morgan fingerprint density at radius 3 is 1.59 bits per heavy atom. The maximum Gasteiger partial charge on any atom is 0.194 e. The van der Waals surface area contributed by atoms with E-state index in [1.165, 1.54) is 72.3 Å². The van der Waals surface area contributed by atoms with E-state index in [-0.39, 0.29) is 5.41 Å². The highest BCUT2D eigenvalue weighted by atomic mass is 16.6. The normalized spacial score (nSPS) is 14.6. The lowest BCUT2D eigenvalue weighted by Crippen LogP contribution is -2.25. The van der Waals surface area contributed by atoms with Crippen molar-refractivity contribution in [1.82, 2.24) is 0 Å². The van der Waals surface area contributed by atoms with Gasteiger partial charge in [-0.1, -0.05) is 166 Å². The van der Waals surface area contributed by atoms with Gasteiger partial charge in [0.1, 0.15) is 0 Å². The van der Waals surface area contributed by atoms with Crippen LogP contribution in [-0.4, -0.2) is 0 Å². The first kappa shape index (κ1) is 34.3. The summed E-state index contributed by atoms with van der Waals surface area (Å²) in [7, 11) is 0. The predicted molar refractivity (Wildman–Crippen MR) is 247 cm³/mol. The first-order valence-electron chi connectivity index (χ1n) is 21.2. The third-order valence-electron chi connectivity index (χ3n) is 13.8. The molecule has 1 spiro atoms. The third kappa shape index (κ3) is 4.58. The molecule has 13 rings (SSSR count). The van der Waals surface area contributed by atoms with Crippen LogP contribution in [0.5, 0.6) is 23.0 Å². The maximum absolute atomic E-state index is 7.33. The molecule has 61 heavy (non-hydrogen) atoms. The second-order valence-corrected chi connectivity index (χ2v) is 17.2. The van der Waals surface area contributed by atoms with Crippen molar-refractivity contribution in [3.8, 4) is 67.5 Å². The number of rotatable bonds is 4. The standard InChI is InChI=1S/C58H39NO2/c1-57(2)45-21-10-6-19-42(45)44-35-37(29-32-46(44)57)36-27-30-39(31-28-36)59(38-15-4-3-5-16-38)51-25-14-26-52-55(51)61-56-53(60-52)34-33-50-54(56)43-20-9-13-24-49(43)58(50)47-22-11-7-17-40(47)41-18-8-12-23-48(41)58/h3-35H,1-2H3. The van der Waals surface area contributed by atoms with Gasteiger partial charge in [0.2, 0.25) is 0 Å². The zero-order valence-electron chi connectivity index (χ0n) is 33.8. The fourth-order valence-corrected chi connectivity index (χ4v) is 11.1. The average molecular weight is 782 g/mol. The topological polar surface area (TPSA) is 21.7 Å². The molecule has 0 N–H and O–H groups in total. The van der Waals surface area contributed by atoms with Crippen molar-refractivity contribution in [3.05, 3.63) is 234 Å². The third-order valence-corrected chi connectivity index (χ3v) is 13.8. The minimum Gasteiger partial charge on any atom is -0.449 e. The Kier molecular flexibility index (Phi) is 6.99. The summed E-state index contributed by atoms with van der Waals surface area (Å²) in [6.45, 7) is 4.66. The molecular weight excluding hydrogens is 743 g/mol. The first-order valence-corrected chi connectivity index (χ1v) is 21.2. The molecule has 0 amide bonds. The number of para-hydroxylation sites is 2. The molecule has 0 saturated carbocycles. The van der Waals surface area contributed by atoms with E-state index in [1.807, 2.05) is 6.07 Å². The number of benzene rings is 9. The maximum atomic E-state index is 7.33. The lowest BCUT2D eigenvalue weighted by Gasteiger charge is -2.32. The molecule has 0 fully saturated rings. The molecule has 0 unspecified atom stereocenters. The van der Waals surface area contributed by atoms with E-state index < -0.39 is 5.41 Å². The highest BCUT2D eigenvalue weighted by Gasteiger charge is 2.53. The second kappa shape index (κ2) is 12.5. The van der Waals surface area contributed by atoms with E-state index in [2.05, 4.69) is 213 Å². The highest BCUT2D eigenvalue weighted by molar-refractivity contribution is 5.98. The molecular formula is C58H39NO2. The predicted octanol–water partition coefficient (Wildman–Crippen LogP) is 15.4. The van der Waals surface area contributed by atoms with Crippen LogP contribution in [-0.2, 0) is 10.8 Å². The van der Waals surface area contributed by atoms with Crippen molar-refractivity contribution in [3.63, 3.8) is 0 Å². The molecule has 3 nitrogen and oxygen atoms in total. The molecule has 9 aromatic carbocycles. The smallest absolute Gasteiger partial charge is 0.194 e. The largest absolute Gasteiger partial charge is 0.449 e. The van der Waals surface area contributed by atoms with Crippen LogP contribution in [0.15, 0.2) is 200 Å². The van der Waals surface area contributed by atoms with E-state index in [4.69, 9.17) is 9.47 Å². The zero-order valence-corrected chi connectivity index (χ0v) is 33.8. The lowest BCUT2D eigenvalue weighted by atomic mass is 9.70. The van der Waals surface area contributed by atoms with Crippen LogP contribution >= 0.6 is 0 Å². The quantitative estimate of drug-likeness (QED) is 0.177. The van der Waals surface area contributed by atoms with Crippen LogP contribution < -0.4 is 14.4 Å². The van der Waals surface area contributed by atoms with Gasteiger partial charge in [-0.3, -0.25) is 0 Å². The summed E-state index contributed by atoms with van der Waals surface area (Å²) in [6, 6.07) is 72.4. The Balaban J connectivity index is 0.941. The second-order valence-electron chi connectivity index (χ2n) is 17.2. The number of anilines is 3. The fraction of sp³-hybridized carbons (Fsp3) is 0.0690. The minimum absolute atomic E-state index is 0.0239. The Labute approximate surface area is 355 Å². The van der Waals surface area contributed by atoms with Crippen molar-refractivity contribution in [2.45, 2.75) is 24.7 Å². The van der Waals surface area contributed by atoms with Gasteiger partial charge in [0.05, 0.1) is 11.1 Å². The average Bonchev–Trinajstić information content (AvgIpc) is 3.88. The molecule has 0 atom stereocenters. The van der Waals surface area contributed by atoms with E-state index >= 15 is 0 Å². The summed E-state index contributed by atoms with van der Waals surface area (Å²) in [5.41, 5.74) is 20.1. The summed E-state index contributed by atoms with van der Waals surface area (Å²) in [5, 5.41) is 0. The summed E-state index contributed by atoms with van der Waals surface area (Å²) in [4.78, 5) is 2.28. The number of fused-ring (bicyclic) bond motifs is 16. The van der Waals surface area contributed by atoms with Gasteiger partial charge in [-0.15, -0.1) is 0 Å². The SMILES string of the molecule is CC1(C)c2ccccc2-c2cc(-c3ccc(N(c4ccccc4)c4cccc5c4Oc4c(ccc6c4-c4ccccc4C64c6ccccc6-c6ccccc64)O5)cc3)ccc21. The summed E-state index contributed by atoms with van der Waals surface area (Å²) < 4.78 is 14.2. The van der Waals surface area contributed by atoms with Gasteiger partial charge in [-0.05, 0) is 121 Å². The van der Waals surface area contributed by atoms with Crippen molar-refractivity contribution >= 4 is 17.1 Å². The van der Waals surface area contributed by atoms with Gasteiger partial charge in [-0.25, -0.2) is 0 Å². The van der Waals surface area contributed by atoms with Crippen LogP contribution in [0.3, 0.4) is 0 Å². The molecule has 3 heteroatoms. The Hall–Kier alpha value is -7.62. The molecule has 1 heterocycles. The minimum atomic E-state index is -0.479. The molecule has 1 aliphatic heterocycles. The van der Waals surface area contributed by atoms with Gasteiger partial charge < -0.3 is 14.4 Å². The zero-order chi connectivity index (χ0) is 40.5. The van der Waals surface area contributed by atoms with Crippen LogP contribution in [0.2, 0.25) is 0 Å². The Morgan fingerprint density at radius 2 is 0.885 bits per heavy atom. The Morgan fingerprint density at radius 1 is 0.361 bits per heavy atom. The van der Waals surface area contributed by atoms with E-state index in [0.29, 0.717) is 17.2 Å². The summed E-state index contributed by atoms with van der Waals surface area (Å²) in [5.74, 6) is 2.82. The number of nitrogens with zero attached hydrogens (tertiary/aromatic N) is 1. The molecule has 9 aromatic rings. The Bertz CT molecular complexity index is 3240. The molecule has 3 aliphatic carbocycles. The number of hydrogen-bond acceptors (Lipinski definition) is 3.